The lowest BCUT2D eigenvalue weighted by atomic mass is 9.99. The van der Waals surface area contributed by atoms with Crippen LogP contribution in [0.25, 0.3) is 22.3 Å². The number of H-pyrrole nitrogens is 1. The molecule has 0 fully saturated rings. The Morgan fingerprint density at radius 3 is 2.57 bits per heavy atom. The molecule has 9 heteroatoms. The SMILES string of the molecule is O=c1[nH]c2nccnc2c(O)c1-c1cc(Cl)ccc1C(F)(F)F. The molecule has 2 aromatic heterocycles. The highest BCUT2D eigenvalue weighted by molar-refractivity contribution is 6.31. The average molecular weight is 342 g/mol. The van der Waals surface area contributed by atoms with Crippen LogP contribution in [0.5, 0.6) is 5.75 Å². The molecule has 0 saturated heterocycles. The zero-order chi connectivity index (χ0) is 16.8. The van der Waals surface area contributed by atoms with E-state index in [0.717, 1.165) is 18.2 Å². The van der Waals surface area contributed by atoms with Gasteiger partial charge in [0.15, 0.2) is 11.4 Å². The van der Waals surface area contributed by atoms with Crippen molar-refractivity contribution in [2.45, 2.75) is 6.18 Å². The summed E-state index contributed by atoms with van der Waals surface area (Å²) in [4.78, 5) is 22.1. The van der Waals surface area contributed by atoms with Crippen LogP contribution < -0.4 is 5.56 Å². The summed E-state index contributed by atoms with van der Waals surface area (Å²) in [5.74, 6) is -0.690. The van der Waals surface area contributed by atoms with Crippen LogP contribution in [0.1, 0.15) is 5.56 Å². The van der Waals surface area contributed by atoms with Gasteiger partial charge in [-0.2, -0.15) is 13.2 Å². The molecule has 3 aromatic rings. The van der Waals surface area contributed by atoms with E-state index in [1.807, 2.05) is 0 Å². The number of nitrogens with zero attached hydrogens (tertiary/aromatic N) is 2. The predicted molar refractivity (Wildman–Crippen MR) is 77.3 cm³/mol. The zero-order valence-corrected chi connectivity index (χ0v) is 11.9. The van der Waals surface area contributed by atoms with Gasteiger partial charge in [0.2, 0.25) is 0 Å². The van der Waals surface area contributed by atoms with Crippen molar-refractivity contribution in [2.24, 2.45) is 0 Å². The van der Waals surface area contributed by atoms with Crippen LogP contribution in [0, 0.1) is 0 Å². The standard InChI is InChI=1S/C14H7ClF3N3O2/c15-6-1-2-8(14(16,17)18)7(5-6)9-11(22)10-12(21-13(9)23)20-4-3-19-10/h1-5H,(H2,20,21,22,23). The van der Waals surface area contributed by atoms with Gasteiger partial charge in [-0.3, -0.25) is 4.79 Å². The van der Waals surface area contributed by atoms with E-state index in [4.69, 9.17) is 11.6 Å². The van der Waals surface area contributed by atoms with Gasteiger partial charge in [0.25, 0.3) is 5.56 Å². The summed E-state index contributed by atoms with van der Waals surface area (Å²) in [6.45, 7) is 0. The predicted octanol–water partition coefficient (Wildman–Crippen LogP) is 3.36. The molecule has 2 heterocycles. The summed E-state index contributed by atoms with van der Waals surface area (Å²) in [6, 6.07) is 2.77. The Kier molecular flexibility index (Phi) is 3.48. The van der Waals surface area contributed by atoms with E-state index in [1.165, 1.54) is 12.4 Å². The van der Waals surface area contributed by atoms with Crippen molar-refractivity contribution >= 4 is 22.8 Å². The van der Waals surface area contributed by atoms with Gasteiger partial charge in [0, 0.05) is 23.0 Å². The first-order valence-corrected chi connectivity index (χ1v) is 6.60. The maximum atomic E-state index is 13.2. The minimum Gasteiger partial charge on any atom is -0.505 e. The molecule has 0 aliphatic rings. The Hall–Kier alpha value is -2.61. The van der Waals surface area contributed by atoms with E-state index in [0.29, 0.717) is 0 Å². The number of fused-ring (bicyclic) bond motifs is 1. The summed E-state index contributed by atoms with van der Waals surface area (Å²) in [7, 11) is 0. The Labute approximate surface area is 131 Å². The van der Waals surface area contributed by atoms with Crippen molar-refractivity contribution in [3.05, 3.63) is 51.5 Å². The second-order valence-electron chi connectivity index (χ2n) is 4.62. The Balaban J connectivity index is 2.42. The number of pyridine rings is 1. The number of rotatable bonds is 1. The van der Waals surface area contributed by atoms with Gasteiger partial charge in [-0.05, 0) is 18.2 Å². The normalized spacial score (nSPS) is 11.8. The number of benzene rings is 1. The molecule has 0 aliphatic carbocycles. The van der Waals surface area contributed by atoms with Gasteiger partial charge in [0.05, 0.1) is 11.1 Å². The minimum atomic E-state index is -4.73. The van der Waals surface area contributed by atoms with Crippen molar-refractivity contribution in [3.8, 4) is 16.9 Å². The molecule has 0 radical (unpaired) electrons. The van der Waals surface area contributed by atoms with E-state index in [2.05, 4.69) is 15.0 Å². The number of aromatic amines is 1. The number of aromatic nitrogens is 3. The first-order chi connectivity index (χ1) is 10.8. The molecular weight excluding hydrogens is 335 g/mol. The van der Waals surface area contributed by atoms with Crippen molar-refractivity contribution in [2.75, 3.05) is 0 Å². The lowest BCUT2D eigenvalue weighted by molar-refractivity contribution is -0.137. The lowest BCUT2D eigenvalue weighted by Gasteiger charge is -2.14. The summed E-state index contributed by atoms with van der Waals surface area (Å²) in [5.41, 5.74) is -3.26. The van der Waals surface area contributed by atoms with Gasteiger partial charge in [0.1, 0.15) is 5.52 Å². The third-order valence-corrected chi connectivity index (χ3v) is 3.41. The smallest absolute Gasteiger partial charge is 0.417 e. The number of nitrogens with one attached hydrogen (secondary N) is 1. The number of alkyl halides is 3. The molecular formula is C14H7ClF3N3O2. The van der Waals surface area contributed by atoms with Crippen LogP contribution in [0.2, 0.25) is 5.02 Å². The first kappa shape index (κ1) is 15.3. The zero-order valence-electron chi connectivity index (χ0n) is 11.1. The Bertz CT molecular complexity index is 970. The molecule has 2 N–H and O–H groups in total. The Morgan fingerprint density at radius 2 is 1.87 bits per heavy atom. The van der Waals surface area contributed by atoms with Crippen molar-refractivity contribution in [1.82, 2.24) is 15.0 Å². The van der Waals surface area contributed by atoms with Crippen LogP contribution in [0.15, 0.2) is 35.4 Å². The molecule has 5 nitrogen and oxygen atoms in total. The summed E-state index contributed by atoms with van der Waals surface area (Å²) >= 11 is 5.75. The van der Waals surface area contributed by atoms with Crippen LogP contribution in [0.4, 0.5) is 13.2 Å². The molecule has 0 atom stereocenters. The molecule has 0 saturated carbocycles. The van der Waals surface area contributed by atoms with E-state index < -0.39 is 34.2 Å². The lowest BCUT2D eigenvalue weighted by Crippen LogP contribution is -2.14. The largest absolute Gasteiger partial charge is 0.505 e. The highest BCUT2D eigenvalue weighted by Crippen LogP contribution is 2.40. The second kappa shape index (κ2) is 5.24. The molecule has 0 aliphatic heterocycles. The maximum absolute atomic E-state index is 13.2. The quantitative estimate of drug-likeness (QED) is 0.711. The topological polar surface area (TPSA) is 78.9 Å². The molecule has 3 rings (SSSR count). The number of hydrogen-bond acceptors (Lipinski definition) is 4. The van der Waals surface area contributed by atoms with Crippen LogP contribution in [-0.4, -0.2) is 20.1 Å². The Morgan fingerprint density at radius 1 is 1.17 bits per heavy atom. The highest BCUT2D eigenvalue weighted by atomic mass is 35.5. The summed E-state index contributed by atoms with van der Waals surface area (Å²) in [6.07, 6.45) is -2.21. The minimum absolute atomic E-state index is 0.00829. The third kappa shape index (κ3) is 2.61. The van der Waals surface area contributed by atoms with E-state index >= 15 is 0 Å². The van der Waals surface area contributed by atoms with E-state index in [-0.39, 0.29) is 16.2 Å². The molecule has 23 heavy (non-hydrogen) atoms. The third-order valence-electron chi connectivity index (χ3n) is 3.17. The highest BCUT2D eigenvalue weighted by Gasteiger charge is 2.35. The fourth-order valence-electron chi connectivity index (χ4n) is 2.22. The summed E-state index contributed by atoms with van der Waals surface area (Å²) < 4.78 is 39.5. The van der Waals surface area contributed by atoms with Gasteiger partial charge in [-0.25, -0.2) is 9.97 Å². The molecule has 0 unspecified atom stereocenters. The van der Waals surface area contributed by atoms with E-state index in [9.17, 15) is 23.1 Å². The molecule has 0 bridgehead atoms. The number of hydrogen-bond donors (Lipinski definition) is 2. The summed E-state index contributed by atoms with van der Waals surface area (Å²) in [5, 5.41) is 10.2. The van der Waals surface area contributed by atoms with Gasteiger partial charge < -0.3 is 10.1 Å². The fourth-order valence-corrected chi connectivity index (χ4v) is 2.39. The number of halogens is 4. The van der Waals surface area contributed by atoms with Crippen LogP contribution >= 0.6 is 11.6 Å². The van der Waals surface area contributed by atoms with Crippen LogP contribution in [0.3, 0.4) is 0 Å². The van der Waals surface area contributed by atoms with Crippen molar-refractivity contribution in [3.63, 3.8) is 0 Å². The first-order valence-electron chi connectivity index (χ1n) is 6.22. The second-order valence-corrected chi connectivity index (χ2v) is 5.06. The average Bonchev–Trinajstić information content (AvgIpc) is 2.46. The van der Waals surface area contributed by atoms with Gasteiger partial charge in [-0.15, -0.1) is 0 Å². The molecule has 1 aromatic carbocycles. The van der Waals surface area contributed by atoms with Crippen molar-refractivity contribution in [1.29, 1.82) is 0 Å². The molecule has 118 valence electrons. The van der Waals surface area contributed by atoms with Gasteiger partial charge in [-0.1, -0.05) is 11.6 Å². The molecule has 0 spiro atoms. The van der Waals surface area contributed by atoms with Crippen LogP contribution in [-0.2, 0) is 6.18 Å². The van der Waals surface area contributed by atoms with Crippen molar-refractivity contribution < 1.29 is 18.3 Å². The molecule has 0 amide bonds. The number of aromatic hydroxyl groups is 1. The fraction of sp³-hybridized carbons (Fsp3) is 0.0714. The maximum Gasteiger partial charge on any atom is 0.417 e. The van der Waals surface area contributed by atoms with Gasteiger partial charge >= 0.3 is 6.18 Å². The van der Waals surface area contributed by atoms with E-state index in [1.54, 1.807) is 0 Å². The monoisotopic (exact) mass is 341 g/mol.